The van der Waals surface area contributed by atoms with E-state index < -0.39 is 0 Å². The largest absolute Gasteiger partial charge is 0.472 e. The highest BCUT2D eigenvalue weighted by molar-refractivity contribution is 5.04. The van der Waals surface area contributed by atoms with Crippen molar-refractivity contribution in [2.24, 2.45) is 0 Å². The van der Waals surface area contributed by atoms with Gasteiger partial charge in [0.1, 0.15) is 0 Å². The minimum absolute atomic E-state index is 0.927. The molecular formula is C13H22N2O. The van der Waals surface area contributed by atoms with Crippen molar-refractivity contribution >= 4 is 0 Å². The Morgan fingerprint density at radius 1 is 1.25 bits per heavy atom. The van der Waals surface area contributed by atoms with Crippen LogP contribution in [-0.4, -0.2) is 31.1 Å². The van der Waals surface area contributed by atoms with E-state index in [4.69, 9.17) is 4.42 Å². The second-order valence-corrected chi connectivity index (χ2v) is 4.56. The molecular weight excluding hydrogens is 200 g/mol. The zero-order valence-electron chi connectivity index (χ0n) is 9.95. The van der Waals surface area contributed by atoms with Crippen LogP contribution in [0, 0.1) is 0 Å². The van der Waals surface area contributed by atoms with Gasteiger partial charge in [0.2, 0.25) is 0 Å². The molecule has 1 aromatic rings. The van der Waals surface area contributed by atoms with Gasteiger partial charge in [-0.3, -0.25) is 0 Å². The summed E-state index contributed by atoms with van der Waals surface area (Å²) < 4.78 is 5.02. The molecule has 1 saturated heterocycles. The fourth-order valence-corrected chi connectivity index (χ4v) is 2.24. The van der Waals surface area contributed by atoms with E-state index in [2.05, 4.69) is 10.2 Å². The summed E-state index contributed by atoms with van der Waals surface area (Å²) in [5.74, 6) is 0. The number of nitrogens with one attached hydrogen (secondary N) is 1. The molecule has 0 unspecified atom stereocenters. The van der Waals surface area contributed by atoms with Crippen LogP contribution in [0.4, 0.5) is 0 Å². The van der Waals surface area contributed by atoms with E-state index in [1.54, 1.807) is 12.5 Å². The molecule has 1 aromatic heterocycles. The van der Waals surface area contributed by atoms with Crippen molar-refractivity contribution in [1.82, 2.24) is 10.2 Å². The zero-order chi connectivity index (χ0) is 11.1. The third-order valence-corrected chi connectivity index (χ3v) is 3.19. The van der Waals surface area contributed by atoms with E-state index in [9.17, 15) is 0 Å². The maximum atomic E-state index is 5.02. The highest BCUT2D eigenvalue weighted by Crippen LogP contribution is 2.08. The summed E-state index contributed by atoms with van der Waals surface area (Å²) in [6.07, 6.45) is 8.99. The normalized spacial score (nSPS) is 17.8. The fraction of sp³-hybridized carbons (Fsp3) is 0.692. The quantitative estimate of drug-likeness (QED) is 0.748. The molecule has 2 rings (SSSR count). The van der Waals surface area contributed by atoms with Crippen LogP contribution in [0.5, 0.6) is 0 Å². The van der Waals surface area contributed by atoms with Gasteiger partial charge >= 0.3 is 0 Å². The van der Waals surface area contributed by atoms with Crippen molar-refractivity contribution < 1.29 is 4.42 Å². The Hall–Kier alpha value is -0.800. The molecule has 90 valence electrons. The monoisotopic (exact) mass is 222 g/mol. The van der Waals surface area contributed by atoms with Gasteiger partial charge < -0.3 is 14.6 Å². The average molecular weight is 222 g/mol. The number of hydrogen-bond donors (Lipinski definition) is 1. The van der Waals surface area contributed by atoms with Gasteiger partial charge in [0.15, 0.2) is 0 Å². The molecule has 0 spiro atoms. The first-order valence-corrected chi connectivity index (χ1v) is 6.39. The Labute approximate surface area is 97.8 Å². The SMILES string of the molecule is c1cc(CNCCCN2CCCCC2)co1. The maximum absolute atomic E-state index is 5.02. The Morgan fingerprint density at radius 3 is 2.88 bits per heavy atom. The van der Waals surface area contributed by atoms with Gasteiger partial charge in [0, 0.05) is 12.1 Å². The lowest BCUT2D eigenvalue weighted by Crippen LogP contribution is -2.32. The molecule has 0 amide bonds. The van der Waals surface area contributed by atoms with Gasteiger partial charge in [-0.15, -0.1) is 0 Å². The summed E-state index contributed by atoms with van der Waals surface area (Å²) >= 11 is 0. The van der Waals surface area contributed by atoms with Gasteiger partial charge in [-0.25, -0.2) is 0 Å². The number of nitrogens with zero attached hydrogens (tertiary/aromatic N) is 1. The van der Waals surface area contributed by atoms with Crippen LogP contribution in [0.15, 0.2) is 23.0 Å². The van der Waals surface area contributed by atoms with Crippen molar-refractivity contribution in [3.05, 3.63) is 24.2 Å². The Balaban J connectivity index is 1.48. The molecule has 3 nitrogen and oxygen atoms in total. The topological polar surface area (TPSA) is 28.4 Å². The summed E-state index contributed by atoms with van der Waals surface area (Å²) in [5.41, 5.74) is 1.23. The molecule has 1 aliphatic heterocycles. The summed E-state index contributed by atoms with van der Waals surface area (Å²) in [5, 5.41) is 3.44. The fourth-order valence-electron chi connectivity index (χ4n) is 2.24. The second kappa shape index (κ2) is 6.71. The molecule has 0 bridgehead atoms. The van der Waals surface area contributed by atoms with Gasteiger partial charge in [-0.1, -0.05) is 6.42 Å². The highest BCUT2D eigenvalue weighted by atomic mass is 16.3. The van der Waals surface area contributed by atoms with Crippen LogP contribution in [0.2, 0.25) is 0 Å². The Morgan fingerprint density at radius 2 is 2.12 bits per heavy atom. The molecule has 3 heteroatoms. The van der Waals surface area contributed by atoms with Crippen molar-refractivity contribution in [2.75, 3.05) is 26.2 Å². The smallest absolute Gasteiger partial charge is 0.0947 e. The van der Waals surface area contributed by atoms with Crippen LogP contribution < -0.4 is 5.32 Å². The maximum Gasteiger partial charge on any atom is 0.0947 e. The predicted molar refractivity (Wildman–Crippen MR) is 65.3 cm³/mol. The molecule has 0 atom stereocenters. The van der Waals surface area contributed by atoms with E-state index in [-0.39, 0.29) is 0 Å². The number of furan rings is 1. The van der Waals surface area contributed by atoms with Gasteiger partial charge in [-0.2, -0.15) is 0 Å². The van der Waals surface area contributed by atoms with E-state index in [1.807, 2.05) is 6.07 Å². The van der Waals surface area contributed by atoms with Gasteiger partial charge in [0.05, 0.1) is 12.5 Å². The number of hydrogen-bond acceptors (Lipinski definition) is 3. The van der Waals surface area contributed by atoms with Crippen LogP contribution in [0.25, 0.3) is 0 Å². The first-order chi connectivity index (χ1) is 7.95. The lowest BCUT2D eigenvalue weighted by atomic mass is 10.1. The summed E-state index contributed by atoms with van der Waals surface area (Å²) in [6, 6.07) is 2.01. The molecule has 1 N–H and O–H groups in total. The van der Waals surface area contributed by atoms with Crippen molar-refractivity contribution in [3.8, 4) is 0 Å². The number of likely N-dealkylation sites (tertiary alicyclic amines) is 1. The summed E-state index contributed by atoms with van der Waals surface area (Å²) in [6.45, 7) is 5.89. The number of rotatable bonds is 6. The minimum atomic E-state index is 0.927. The average Bonchev–Trinajstić information content (AvgIpc) is 2.83. The van der Waals surface area contributed by atoms with E-state index >= 15 is 0 Å². The molecule has 2 heterocycles. The van der Waals surface area contributed by atoms with Crippen LogP contribution in [0.1, 0.15) is 31.2 Å². The predicted octanol–water partition coefficient (Wildman–Crippen LogP) is 2.25. The van der Waals surface area contributed by atoms with Crippen molar-refractivity contribution in [3.63, 3.8) is 0 Å². The molecule has 16 heavy (non-hydrogen) atoms. The van der Waals surface area contributed by atoms with E-state index in [1.165, 1.54) is 50.9 Å². The standard InChI is InChI=1S/C13H22N2O/c1-2-7-15(8-3-1)9-4-6-14-11-13-5-10-16-12-13/h5,10,12,14H,1-4,6-9,11H2. The molecule has 0 radical (unpaired) electrons. The van der Waals surface area contributed by atoms with Crippen LogP contribution in [-0.2, 0) is 6.54 Å². The zero-order valence-corrected chi connectivity index (χ0v) is 9.95. The minimum Gasteiger partial charge on any atom is -0.472 e. The highest BCUT2D eigenvalue weighted by Gasteiger charge is 2.08. The second-order valence-electron chi connectivity index (χ2n) is 4.56. The molecule has 1 aliphatic rings. The van der Waals surface area contributed by atoms with E-state index in [0.717, 1.165) is 13.1 Å². The molecule has 1 fully saturated rings. The Bertz CT molecular complexity index is 265. The lowest BCUT2D eigenvalue weighted by Gasteiger charge is -2.26. The van der Waals surface area contributed by atoms with Crippen LogP contribution in [0.3, 0.4) is 0 Å². The van der Waals surface area contributed by atoms with Crippen molar-refractivity contribution in [1.29, 1.82) is 0 Å². The third kappa shape index (κ3) is 3.99. The lowest BCUT2D eigenvalue weighted by molar-refractivity contribution is 0.225. The van der Waals surface area contributed by atoms with Crippen LogP contribution >= 0.6 is 0 Å². The van der Waals surface area contributed by atoms with Gasteiger partial charge in [0.25, 0.3) is 0 Å². The van der Waals surface area contributed by atoms with E-state index in [0.29, 0.717) is 0 Å². The Kier molecular flexibility index (Phi) is 4.90. The summed E-state index contributed by atoms with van der Waals surface area (Å²) in [4.78, 5) is 2.59. The first-order valence-electron chi connectivity index (χ1n) is 6.39. The first kappa shape index (κ1) is 11.7. The third-order valence-electron chi connectivity index (χ3n) is 3.19. The molecule has 0 saturated carbocycles. The molecule has 0 aromatic carbocycles. The number of piperidine rings is 1. The van der Waals surface area contributed by atoms with Gasteiger partial charge in [-0.05, 0) is 51.5 Å². The van der Waals surface area contributed by atoms with Crippen molar-refractivity contribution in [2.45, 2.75) is 32.2 Å². The molecule has 0 aliphatic carbocycles. The summed E-state index contributed by atoms with van der Waals surface area (Å²) in [7, 11) is 0.